The van der Waals surface area contributed by atoms with E-state index in [9.17, 15) is 9.90 Å². The molecule has 0 aromatic heterocycles. The Bertz CT molecular complexity index is 900. The molecular weight excluding hydrogens is 438 g/mol. The van der Waals surface area contributed by atoms with Crippen molar-refractivity contribution in [3.05, 3.63) is 65.2 Å². The van der Waals surface area contributed by atoms with Crippen molar-refractivity contribution in [2.75, 3.05) is 32.9 Å². The first-order valence-corrected chi connectivity index (χ1v) is 13.0. The quantitative estimate of drug-likeness (QED) is 0.452. The van der Waals surface area contributed by atoms with Crippen LogP contribution in [0, 0.1) is 18.3 Å². The molecule has 0 saturated carbocycles. The van der Waals surface area contributed by atoms with Gasteiger partial charge in [-0.15, -0.1) is 0 Å². The van der Waals surface area contributed by atoms with Crippen LogP contribution in [0.4, 0.5) is 0 Å². The lowest BCUT2D eigenvalue weighted by atomic mass is 9.76. The Hall–Kier alpha value is -2.37. The molecule has 5 nitrogen and oxygen atoms in total. The summed E-state index contributed by atoms with van der Waals surface area (Å²) < 4.78 is 11.8. The zero-order valence-electron chi connectivity index (χ0n) is 22.5. The second-order valence-electron chi connectivity index (χ2n) is 10.2. The van der Waals surface area contributed by atoms with Crippen molar-refractivity contribution in [1.29, 1.82) is 0 Å². The van der Waals surface area contributed by atoms with Gasteiger partial charge < -0.3 is 19.5 Å². The fourth-order valence-electron chi connectivity index (χ4n) is 4.17. The topological polar surface area (TPSA) is 59.0 Å². The van der Waals surface area contributed by atoms with Gasteiger partial charge in [-0.05, 0) is 35.6 Å². The van der Waals surface area contributed by atoms with Gasteiger partial charge in [-0.25, -0.2) is 0 Å². The highest BCUT2D eigenvalue weighted by Crippen LogP contribution is 2.43. The molecular formula is C30H45NO4. The fourth-order valence-corrected chi connectivity index (χ4v) is 4.17. The number of ether oxygens (including phenoxy) is 2. The number of carbonyl (C=O) groups excluding carboxylic acids is 1. The number of likely N-dealkylation sites (tertiary alicyclic amines) is 1. The maximum atomic E-state index is 12.8. The standard InChI is InChI=1S/C27H37NO4.C3H8/c1-5-20(2)15-32-25-13-23(12-11-21(25)3)24-14-28(18-27(24,4)19-29)26(30)17-31-16-22-9-7-6-8-10-22;1-3-2/h6-13,20,24,29H,5,14-19H2,1-4H3;3H2,1-2H3. The van der Waals surface area contributed by atoms with Gasteiger partial charge in [-0.1, -0.05) is 89.9 Å². The molecule has 1 N–H and O–H groups in total. The van der Waals surface area contributed by atoms with Crippen LogP contribution in [0.15, 0.2) is 48.5 Å². The van der Waals surface area contributed by atoms with E-state index in [-0.39, 0.29) is 25.0 Å². The molecule has 1 saturated heterocycles. The summed E-state index contributed by atoms with van der Waals surface area (Å²) in [7, 11) is 0. The van der Waals surface area contributed by atoms with Crippen LogP contribution in [0.1, 0.15) is 70.1 Å². The van der Waals surface area contributed by atoms with Gasteiger partial charge in [0.05, 0.1) is 19.8 Å². The van der Waals surface area contributed by atoms with E-state index < -0.39 is 5.41 Å². The molecule has 35 heavy (non-hydrogen) atoms. The average Bonchev–Trinajstić information content (AvgIpc) is 3.22. The summed E-state index contributed by atoms with van der Waals surface area (Å²) in [6, 6.07) is 16.1. The molecule has 1 aliphatic heterocycles. The third-order valence-corrected chi connectivity index (χ3v) is 6.68. The molecule has 2 aromatic rings. The number of aliphatic hydroxyl groups is 1. The normalized spacial score (nSPS) is 20.2. The number of hydrogen-bond acceptors (Lipinski definition) is 4. The highest BCUT2D eigenvalue weighted by Gasteiger charge is 2.45. The van der Waals surface area contributed by atoms with Crippen molar-refractivity contribution in [3.8, 4) is 5.75 Å². The van der Waals surface area contributed by atoms with Crippen LogP contribution in [0.3, 0.4) is 0 Å². The minimum atomic E-state index is -0.404. The Balaban J connectivity index is 0.00000137. The minimum absolute atomic E-state index is 0.0171. The van der Waals surface area contributed by atoms with Gasteiger partial charge in [0.1, 0.15) is 12.4 Å². The van der Waals surface area contributed by atoms with Crippen LogP contribution in [-0.4, -0.2) is 48.8 Å². The summed E-state index contributed by atoms with van der Waals surface area (Å²) in [5.74, 6) is 1.39. The van der Waals surface area contributed by atoms with Gasteiger partial charge in [0, 0.05) is 24.4 Å². The molecule has 3 rings (SSSR count). The monoisotopic (exact) mass is 483 g/mol. The Morgan fingerprint density at radius 3 is 2.49 bits per heavy atom. The Kier molecular flexibility index (Phi) is 11.8. The third-order valence-electron chi connectivity index (χ3n) is 6.68. The van der Waals surface area contributed by atoms with Crippen molar-refractivity contribution < 1.29 is 19.4 Å². The molecule has 5 heteroatoms. The Morgan fingerprint density at radius 2 is 1.86 bits per heavy atom. The summed E-state index contributed by atoms with van der Waals surface area (Å²) in [5, 5.41) is 10.2. The molecule has 0 radical (unpaired) electrons. The van der Waals surface area contributed by atoms with Crippen LogP contribution in [0.2, 0.25) is 0 Å². The van der Waals surface area contributed by atoms with E-state index in [0.29, 0.717) is 32.2 Å². The van der Waals surface area contributed by atoms with E-state index in [1.807, 2.05) is 35.2 Å². The lowest BCUT2D eigenvalue weighted by molar-refractivity contribution is -0.136. The number of aliphatic hydroxyl groups excluding tert-OH is 1. The highest BCUT2D eigenvalue weighted by atomic mass is 16.5. The van der Waals surface area contributed by atoms with Crippen LogP contribution >= 0.6 is 0 Å². The third kappa shape index (κ3) is 8.36. The number of carbonyl (C=O) groups is 1. The SMILES string of the molecule is CCC.CCC(C)COc1cc(C2CN(C(=O)COCc3ccccc3)CC2(C)CO)ccc1C. The Labute approximate surface area is 212 Å². The van der Waals surface area contributed by atoms with Gasteiger partial charge in [-0.3, -0.25) is 4.79 Å². The lowest BCUT2D eigenvalue weighted by Crippen LogP contribution is -2.35. The number of aryl methyl sites for hydroxylation is 1. The van der Waals surface area contributed by atoms with Crippen molar-refractivity contribution in [3.63, 3.8) is 0 Å². The zero-order chi connectivity index (χ0) is 25.8. The number of nitrogens with zero attached hydrogens (tertiary/aromatic N) is 1. The van der Waals surface area contributed by atoms with Gasteiger partial charge in [-0.2, -0.15) is 0 Å². The highest BCUT2D eigenvalue weighted by molar-refractivity contribution is 5.78. The largest absolute Gasteiger partial charge is 0.493 e. The first-order chi connectivity index (χ1) is 16.8. The van der Waals surface area contributed by atoms with Crippen LogP contribution in [0.25, 0.3) is 0 Å². The molecule has 1 fully saturated rings. The predicted octanol–water partition coefficient (Wildman–Crippen LogP) is 5.98. The molecule has 3 unspecified atom stereocenters. The molecule has 1 aliphatic rings. The second-order valence-corrected chi connectivity index (χ2v) is 10.2. The van der Waals surface area contributed by atoms with E-state index in [1.165, 1.54) is 6.42 Å². The number of amides is 1. The molecule has 0 bridgehead atoms. The summed E-state index contributed by atoms with van der Waals surface area (Å²) in [6.45, 7) is 14.9. The first-order valence-electron chi connectivity index (χ1n) is 13.0. The van der Waals surface area contributed by atoms with E-state index in [2.05, 4.69) is 59.7 Å². The molecule has 2 aromatic carbocycles. The molecule has 0 spiro atoms. The second kappa shape index (κ2) is 14.3. The molecule has 1 heterocycles. The van der Waals surface area contributed by atoms with Gasteiger partial charge in [0.25, 0.3) is 0 Å². The fraction of sp³-hybridized carbons (Fsp3) is 0.567. The van der Waals surface area contributed by atoms with E-state index in [4.69, 9.17) is 9.47 Å². The van der Waals surface area contributed by atoms with Gasteiger partial charge >= 0.3 is 0 Å². The Morgan fingerprint density at radius 1 is 1.17 bits per heavy atom. The van der Waals surface area contributed by atoms with Gasteiger partial charge in [0.2, 0.25) is 5.91 Å². The first kappa shape index (κ1) is 28.9. The molecule has 194 valence electrons. The average molecular weight is 484 g/mol. The number of benzene rings is 2. The van der Waals surface area contributed by atoms with Crippen LogP contribution in [0.5, 0.6) is 5.75 Å². The summed E-state index contributed by atoms with van der Waals surface area (Å²) in [5.41, 5.74) is 2.84. The van der Waals surface area contributed by atoms with Crippen molar-refractivity contribution in [2.24, 2.45) is 11.3 Å². The van der Waals surface area contributed by atoms with E-state index in [0.717, 1.165) is 28.9 Å². The summed E-state index contributed by atoms with van der Waals surface area (Å²) in [4.78, 5) is 14.7. The van der Waals surface area contributed by atoms with Gasteiger partial charge in [0.15, 0.2) is 0 Å². The van der Waals surface area contributed by atoms with E-state index >= 15 is 0 Å². The van der Waals surface area contributed by atoms with Crippen molar-refractivity contribution in [2.45, 2.75) is 66.9 Å². The number of rotatable bonds is 10. The van der Waals surface area contributed by atoms with E-state index in [1.54, 1.807) is 0 Å². The molecule has 3 atom stereocenters. The maximum absolute atomic E-state index is 12.8. The number of hydrogen-bond donors (Lipinski definition) is 1. The summed E-state index contributed by atoms with van der Waals surface area (Å²) in [6.07, 6.45) is 2.33. The maximum Gasteiger partial charge on any atom is 0.248 e. The van der Waals surface area contributed by atoms with Crippen molar-refractivity contribution >= 4 is 5.91 Å². The molecule has 0 aliphatic carbocycles. The molecule has 1 amide bonds. The van der Waals surface area contributed by atoms with Crippen LogP contribution < -0.4 is 4.74 Å². The van der Waals surface area contributed by atoms with Crippen LogP contribution in [-0.2, 0) is 16.1 Å². The van der Waals surface area contributed by atoms with Crippen molar-refractivity contribution in [1.82, 2.24) is 4.90 Å². The zero-order valence-corrected chi connectivity index (χ0v) is 22.5. The summed E-state index contributed by atoms with van der Waals surface area (Å²) >= 11 is 0. The predicted molar refractivity (Wildman–Crippen MR) is 143 cm³/mol. The minimum Gasteiger partial charge on any atom is -0.493 e. The smallest absolute Gasteiger partial charge is 0.248 e. The lowest BCUT2D eigenvalue weighted by Gasteiger charge is -2.28.